The molecular weight excluding hydrogens is 168 g/mol. The van der Waals surface area contributed by atoms with Gasteiger partial charge in [-0.1, -0.05) is 30.3 Å². The van der Waals surface area contributed by atoms with Gasteiger partial charge in [0.1, 0.15) is 0 Å². The van der Waals surface area contributed by atoms with Crippen molar-refractivity contribution in [2.24, 2.45) is 5.92 Å². The minimum Gasteiger partial charge on any atom is -0.0622 e. The van der Waals surface area contributed by atoms with Crippen LogP contribution in [-0.4, -0.2) is 0 Å². The van der Waals surface area contributed by atoms with E-state index in [9.17, 15) is 4.21 Å². The second-order valence-electron chi connectivity index (χ2n) is 3.26. The highest BCUT2D eigenvalue weighted by molar-refractivity contribution is 7.65. The van der Waals surface area contributed by atoms with Gasteiger partial charge < -0.3 is 0 Å². The quantitative estimate of drug-likeness (QED) is 0.652. The Kier molecular flexibility index (Phi) is 2.17. The Bertz CT molecular complexity index is 266. The maximum absolute atomic E-state index is 10.8. The summed E-state index contributed by atoms with van der Waals surface area (Å²) < 4.78 is 10.8. The van der Waals surface area contributed by atoms with E-state index in [0.29, 0.717) is 5.92 Å². The number of hydrogen-bond acceptors (Lipinski definition) is 1. The largest absolute Gasteiger partial charge is 0.467 e. The van der Waals surface area contributed by atoms with Gasteiger partial charge in [-0.3, -0.25) is 0 Å². The molecule has 62 valence electrons. The SMILES string of the molecule is O=[S+]C(c1ccccc1)C1CC1. The Hall–Kier alpha value is -0.760. The van der Waals surface area contributed by atoms with Gasteiger partial charge in [-0.2, -0.15) is 0 Å². The first-order valence-electron chi connectivity index (χ1n) is 4.25. The molecule has 1 aromatic carbocycles. The van der Waals surface area contributed by atoms with Crippen molar-refractivity contribution in [3.8, 4) is 0 Å². The van der Waals surface area contributed by atoms with Crippen molar-refractivity contribution in [2.45, 2.75) is 18.1 Å². The first kappa shape index (κ1) is 7.87. The third-order valence-corrected chi connectivity index (χ3v) is 3.15. The van der Waals surface area contributed by atoms with Gasteiger partial charge >= 0.3 is 11.7 Å². The molecule has 0 spiro atoms. The normalized spacial score (nSPS) is 18.7. The Balaban J connectivity index is 2.21. The smallest absolute Gasteiger partial charge is 0.0622 e. The van der Waals surface area contributed by atoms with Crippen LogP contribution in [0.25, 0.3) is 0 Å². The van der Waals surface area contributed by atoms with Crippen LogP contribution < -0.4 is 0 Å². The molecule has 1 fully saturated rings. The predicted molar refractivity (Wildman–Crippen MR) is 50.0 cm³/mol. The lowest BCUT2D eigenvalue weighted by atomic mass is 10.1. The molecule has 0 aromatic heterocycles. The van der Waals surface area contributed by atoms with Gasteiger partial charge in [-0.15, -0.1) is 0 Å². The van der Waals surface area contributed by atoms with E-state index in [0.717, 1.165) is 11.7 Å². The molecule has 0 bridgehead atoms. The molecule has 1 aliphatic carbocycles. The highest BCUT2D eigenvalue weighted by Gasteiger charge is 2.41. The van der Waals surface area contributed by atoms with Crippen LogP contribution in [0.3, 0.4) is 0 Å². The Labute approximate surface area is 76.3 Å². The Morgan fingerprint density at radius 2 is 1.92 bits per heavy atom. The summed E-state index contributed by atoms with van der Waals surface area (Å²) in [6, 6.07) is 10.1. The summed E-state index contributed by atoms with van der Waals surface area (Å²) >= 11 is 0.744. The fraction of sp³-hybridized carbons (Fsp3) is 0.400. The molecule has 0 saturated heterocycles. The molecule has 2 rings (SSSR count). The third-order valence-electron chi connectivity index (χ3n) is 2.28. The van der Waals surface area contributed by atoms with Crippen LogP contribution in [0.15, 0.2) is 30.3 Å². The molecule has 0 amide bonds. The highest BCUT2D eigenvalue weighted by atomic mass is 32.1. The zero-order chi connectivity index (χ0) is 8.39. The van der Waals surface area contributed by atoms with Crippen LogP contribution in [0.5, 0.6) is 0 Å². The van der Waals surface area contributed by atoms with Gasteiger partial charge in [0.25, 0.3) is 5.25 Å². The van der Waals surface area contributed by atoms with Crippen molar-refractivity contribution in [2.75, 3.05) is 0 Å². The molecule has 1 aliphatic rings. The van der Waals surface area contributed by atoms with Gasteiger partial charge in [0.15, 0.2) is 0 Å². The molecular formula is C10H11OS+. The van der Waals surface area contributed by atoms with E-state index in [2.05, 4.69) is 0 Å². The van der Waals surface area contributed by atoms with E-state index in [1.807, 2.05) is 30.3 Å². The fourth-order valence-corrected chi connectivity index (χ4v) is 2.15. The molecule has 2 heteroatoms. The van der Waals surface area contributed by atoms with Crippen molar-refractivity contribution < 1.29 is 4.21 Å². The first-order chi connectivity index (χ1) is 5.92. The van der Waals surface area contributed by atoms with Crippen LogP contribution >= 0.6 is 0 Å². The lowest BCUT2D eigenvalue weighted by Gasteiger charge is -1.96. The lowest BCUT2D eigenvalue weighted by Crippen LogP contribution is -1.97. The van der Waals surface area contributed by atoms with Crippen molar-refractivity contribution in [1.82, 2.24) is 0 Å². The number of rotatable bonds is 3. The molecule has 1 unspecified atom stereocenters. The van der Waals surface area contributed by atoms with Crippen LogP contribution in [0.1, 0.15) is 23.7 Å². The fourth-order valence-electron chi connectivity index (χ4n) is 1.45. The van der Waals surface area contributed by atoms with Crippen LogP contribution in [0.2, 0.25) is 0 Å². The van der Waals surface area contributed by atoms with E-state index in [1.54, 1.807) is 0 Å². The van der Waals surface area contributed by atoms with E-state index in [4.69, 9.17) is 0 Å². The summed E-state index contributed by atoms with van der Waals surface area (Å²) in [5.41, 5.74) is 1.19. The summed E-state index contributed by atoms with van der Waals surface area (Å²) in [5, 5.41) is 0.200. The maximum atomic E-state index is 10.8. The van der Waals surface area contributed by atoms with Gasteiger partial charge in [0.2, 0.25) is 0 Å². The molecule has 1 saturated carbocycles. The molecule has 1 atom stereocenters. The highest BCUT2D eigenvalue weighted by Crippen LogP contribution is 2.42. The van der Waals surface area contributed by atoms with Gasteiger partial charge in [-0.05, 0) is 12.8 Å². The van der Waals surface area contributed by atoms with Gasteiger partial charge in [-0.25, -0.2) is 0 Å². The van der Waals surface area contributed by atoms with Crippen LogP contribution in [-0.2, 0) is 15.9 Å². The van der Waals surface area contributed by atoms with Crippen LogP contribution in [0, 0.1) is 5.92 Å². The Morgan fingerprint density at radius 1 is 1.25 bits per heavy atom. The zero-order valence-electron chi connectivity index (χ0n) is 6.77. The lowest BCUT2D eigenvalue weighted by molar-refractivity contribution is 0.593. The summed E-state index contributed by atoms with van der Waals surface area (Å²) in [4.78, 5) is 0. The molecule has 1 nitrogen and oxygen atoms in total. The second kappa shape index (κ2) is 3.31. The molecule has 0 heterocycles. The molecule has 12 heavy (non-hydrogen) atoms. The topological polar surface area (TPSA) is 17.1 Å². The minimum atomic E-state index is 0.200. The first-order valence-corrected chi connectivity index (χ1v) is 5.06. The van der Waals surface area contributed by atoms with Crippen molar-refractivity contribution >= 4 is 11.7 Å². The van der Waals surface area contributed by atoms with Crippen molar-refractivity contribution in [3.05, 3.63) is 35.9 Å². The monoisotopic (exact) mass is 179 g/mol. The van der Waals surface area contributed by atoms with E-state index < -0.39 is 0 Å². The van der Waals surface area contributed by atoms with Crippen molar-refractivity contribution in [3.63, 3.8) is 0 Å². The zero-order valence-corrected chi connectivity index (χ0v) is 7.59. The van der Waals surface area contributed by atoms with E-state index >= 15 is 0 Å². The second-order valence-corrected chi connectivity index (χ2v) is 3.97. The Morgan fingerprint density at radius 3 is 2.42 bits per heavy atom. The summed E-state index contributed by atoms with van der Waals surface area (Å²) in [6.07, 6.45) is 2.46. The molecule has 1 aromatic rings. The van der Waals surface area contributed by atoms with Crippen molar-refractivity contribution in [1.29, 1.82) is 0 Å². The predicted octanol–water partition coefficient (Wildman–Crippen LogP) is 2.57. The van der Waals surface area contributed by atoms with E-state index in [-0.39, 0.29) is 5.25 Å². The minimum absolute atomic E-state index is 0.200. The number of hydrogen-bond donors (Lipinski definition) is 0. The number of benzene rings is 1. The molecule has 0 N–H and O–H groups in total. The maximum Gasteiger partial charge on any atom is 0.467 e. The average molecular weight is 179 g/mol. The average Bonchev–Trinajstić information content (AvgIpc) is 2.92. The third kappa shape index (κ3) is 1.53. The van der Waals surface area contributed by atoms with Gasteiger partial charge in [0, 0.05) is 15.7 Å². The van der Waals surface area contributed by atoms with E-state index in [1.165, 1.54) is 18.4 Å². The van der Waals surface area contributed by atoms with Gasteiger partial charge in [0.05, 0.1) is 0 Å². The summed E-state index contributed by atoms with van der Waals surface area (Å²) in [5.74, 6) is 0.648. The molecule has 0 radical (unpaired) electrons. The molecule has 0 aliphatic heterocycles. The van der Waals surface area contributed by atoms with Crippen LogP contribution in [0.4, 0.5) is 0 Å². The standard InChI is InChI=1S/C10H11OS/c11-12-10(9-6-7-9)8-4-2-1-3-5-8/h1-5,9-10H,6-7H2/q+1. The summed E-state index contributed by atoms with van der Waals surface area (Å²) in [6.45, 7) is 0. The summed E-state index contributed by atoms with van der Waals surface area (Å²) in [7, 11) is 0.